The van der Waals surface area contributed by atoms with Crippen molar-refractivity contribution in [3.8, 4) is 0 Å². The van der Waals surface area contributed by atoms with Crippen molar-refractivity contribution >= 4 is 45.6 Å². The van der Waals surface area contributed by atoms with Crippen LogP contribution in [0.3, 0.4) is 0 Å². The van der Waals surface area contributed by atoms with Crippen LogP contribution in [0.5, 0.6) is 0 Å². The molecule has 1 amide bonds. The predicted octanol–water partition coefficient (Wildman–Crippen LogP) is 3.84. The van der Waals surface area contributed by atoms with Crippen molar-refractivity contribution in [2.45, 2.75) is 6.54 Å². The molecule has 0 fully saturated rings. The highest BCUT2D eigenvalue weighted by Gasteiger charge is 2.17. The van der Waals surface area contributed by atoms with Crippen LogP contribution in [0.25, 0.3) is 0 Å². The molecule has 138 valence electrons. The second-order valence-corrected chi connectivity index (χ2v) is 6.73. The Morgan fingerprint density at radius 2 is 1.85 bits per heavy atom. The zero-order chi connectivity index (χ0) is 19.2. The van der Waals surface area contributed by atoms with E-state index in [1.165, 1.54) is 7.11 Å². The quantitative estimate of drug-likeness (QED) is 0.608. The summed E-state index contributed by atoms with van der Waals surface area (Å²) in [6.45, 7) is 0.469. The number of ether oxygens (including phenoxy) is 1. The van der Waals surface area contributed by atoms with E-state index in [2.05, 4.69) is 25.3 Å². The van der Waals surface area contributed by atoms with Crippen LogP contribution in [0, 0.1) is 0 Å². The van der Waals surface area contributed by atoms with E-state index < -0.39 is 5.97 Å². The molecule has 7 nitrogen and oxygen atoms in total. The third-order valence-corrected chi connectivity index (χ3v) is 4.93. The average molecular weight is 403 g/mol. The average Bonchev–Trinajstić information content (AvgIpc) is 3.07. The van der Waals surface area contributed by atoms with Gasteiger partial charge in [-0.2, -0.15) is 0 Å². The molecule has 0 unspecified atom stereocenters. The SMILES string of the molecule is COC(=O)c1sc(NCc2ccc(C(=O)Nc3ccncc3)cc2)nc1Cl. The van der Waals surface area contributed by atoms with Crippen molar-refractivity contribution in [3.05, 3.63) is 69.9 Å². The van der Waals surface area contributed by atoms with E-state index in [0.717, 1.165) is 16.9 Å². The number of hydrogen-bond acceptors (Lipinski definition) is 7. The molecule has 2 N–H and O–H groups in total. The molecule has 0 radical (unpaired) electrons. The van der Waals surface area contributed by atoms with Gasteiger partial charge in [-0.15, -0.1) is 0 Å². The number of nitrogens with zero attached hydrogens (tertiary/aromatic N) is 2. The van der Waals surface area contributed by atoms with E-state index >= 15 is 0 Å². The van der Waals surface area contributed by atoms with Crippen molar-refractivity contribution < 1.29 is 14.3 Å². The van der Waals surface area contributed by atoms with Gasteiger partial charge in [0, 0.05) is 30.2 Å². The predicted molar refractivity (Wildman–Crippen MR) is 104 cm³/mol. The molecule has 0 atom stereocenters. The number of esters is 1. The topological polar surface area (TPSA) is 93.2 Å². The van der Waals surface area contributed by atoms with Crippen molar-refractivity contribution in [2.75, 3.05) is 17.7 Å². The van der Waals surface area contributed by atoms with Gasteiger partial charge >= 0.3 is 5.97 Å². The third-order valence-electron chi connectivity index (χ3n) is 3.55. The van der Waals surface area contributed by atoms with E-state index in [4.69, 9.17) is 11.6 Å². The Kier molecular flexibility index (Phi) is 6.00. The Morgan fingerprint density at radius 1 is 1.15 bits per heavy atom. The molecule has 0 spiro atoms. The Bertz CT molecular complexity index is 945. The van der Waals surface area contributed by atoms with E-state index in [1.807, 2.05) is 12.1 Å². The largest absolute Gasteiger partial charge is 0.465 e. The lowest BCUT2D eigenvalue weighted by atomic mass is 10.1. The monoisotopic (exact) mass is 402 g/mol. The van der Waals surface area contributed by atoms with Crippen LogP contribution < -0.4 is 10.6 Å². The highest BCUT2D eigenvalue weighted by molar-refractivity contribution is 7.18. The lowest BCUT2D eigenvalue weighted by molar-refractivity contribution is 0.0606. The molecule has 0 aliphatic heterocycles. The first kappa shape index (κ1) is 18.8. The molecule has 0 saturated heterocycles. The van der Waals surface area contributed by atoms with Gasteiger partial charge in [-0.1, -0.05) is 35.1 Å². The summed E-state index contributed by atoms with van der Waals surface area (Å²) in [4.78, 5) is 32.0. The van der Waals surface area contributed by atoms with Gasteiger partial charge in [-0.05, 0) is 29.8 Å². The van der Waals surface area contributed by atoms with Gasteiger partial charge in [0.25, 0.3) is 5.91 Å². The van der Waals surface area contributed by atoms with Crippen LogP contribution in [-0.2, 0) is 11.3 Å². The minimum Gasteiger partial charge on any atom is -0.465 e. The Hall–Kier alpha value is -2.97. The van der Waals surface area contributed by atoms with Crippen LogP contribution in [0.2, 0.25) is 5.15 Å². The lowest BCUT2D eigenvalue weighted by Crippen LogP contribution is -2.12. The Labute approximate surface area is 164 Å². The number of methoxy groups -OCH3 is 1. The molecule has 2 heterocycles. The fourth-order valence-electron chi connectivity index (χ4n) is 2.19. The molecule has 9 heteroatoms. The van der Waals surface area contributed by atoms with Gasteiger partial charge in [0.05, 0.1) is 7.11 Å². The number of carbonyl (C=O) groups is 2. The number of anilines is 2. The number of thiazole rings is 1. The second-order valence-electron chi connectivity index (χ2n) is 5.37. The summed E-state index contributed by atoms with van der Waals surface area (Å²) in [7, 11) is 1.29. The number of nitrogens with one attached hydrogen (secondary N) is 2. The van der Waals surface area contributed by atoms with Crippen molar-refractivity contribution in [1.29, 1.82) is 0 Å². The van der Waals surface area contributed by atoms with E-state index in [0.29, 0.717) is 22.9 Å². The van der Waals surface area contributed by atoms with E-state index in [1.54, 1.807) is 36.7 Å². The molecule has 3 aromatic rings. The van der Waals surface area contributed by atoms with E-state index in [9.17, 15) is 9.59 Å². The summed E-state index contributed by atoms with van der Waals surface area (Å²) >= 11 is 7.06. The number of hydrogen-bond donors (Lipinski definition) is 2. The number of pyridine rings is 1. The first-order chi connectivity index (χ1) is 13.1. The summed E-state index contributed by atoms with van der Waals surface area (Å²) in [5.74, 6) is -0.717. The Morgan fingerprint density at radius 3 is 2.52 bits per heavy atom. The fraction of sp³-hybridized carbons (Fsp3) is 0.111. The van der Waals surface area contributed by atoms with Gasteiger partial charge in [-0.3, -0.25) is 9.78 Å². The summed E-state index contributed by atoms with van der Waals surface area (Å²) in [5, 5.41) is 6.52. The maximum absolute atomic E-state index is 12.2. The van der Waals surface area contributed by atoms with Crippen molar-refractivity contribution in [3.63, 3.8) is 0 Å². The molecular weight excluding hydrogens is 388 g/mol. The number of benzene rings is 1. The smallest absolute Gasteiger partial charge is 0.351 e. The number of amides is 1. The van der Waals surface area contributed by atoms with Crippen LogP contribution in [0.4, 0.5) is 10.8 Å². The van der Waals surface area contributed by atoms with Gasteiger partial charge in [-0.25, -0.2) is 9.78 Å². The number of halogens is 1. The fourth-order valence-corrected chi connectivity index (χ4v) is 3.28. The molecule has 2 aromatic heterocycles. The first-order valence-electron chi connectivity index (χ1n) is 7.85. The minimum atomic E-state index is -0.518. The zero-order valence-electron chi connectivity index (χ0n) is 14.2. The van der Waals surface area contributed by atoms with Crippen LogP contribution >= 0.6 is 22.9 Å². The Balaban J connectivity index is 1.59. The highest BCUT2D eigenvalue weighted by Crippen LogP contribution is 2.27. The lowest BCUT2D eigenvalue weighted by Gasteiger charge is -2.06. The number of carbonyl (C=O) groups excluding carboxylic acids is 2. The van der Waals surface area contributed by atoms with Crippen LogP contribution in [0.15, 0.2) is 48.8 Å². The number of rotatable bonds is 6. The maximum atomic E-state index is 12.2. The van der Waals surface area contributed by atoms with Gasteiger partial charge < -0.3 is 15.4 Å². The van der Waals surface area contributed by atoms with Crippen molar-refractivity contribution in [1.82, 2.24) is 9.97 Å². The molecule has 1 aromatic carbocycles. The first-order valence-corrected chi connectivity index (χ1v) is 9.05. The van der Waals surface area contributed by atoms with Gasteiger partial charge in [0.1, 0.15) is 0 Å². The third kappa shape index (κ3) is 4.81. The number of aromatic nitrogens is 2. The summed E-state index contributed by atoms with van der Waals surface area (Å²) in [6, 6.07) is 10.6. The normalized spacial score (nSPS) is 10.3. The molecule has 27 heavy (non-hydrogen) atoms. The minimum absolute atomic E-state index is 0.109. The van der Waals surface area contributed by atoms with Gasteiger partial charge in [0.15, 0.2) is 15.2 Å². The maximum Gasteiger partial charge on any atom is 0.351 e. The summed E-state index contributed by atoms with van der Waals surface area (Å²) in [5.41, 5.74) is 2.17. The van der Waals surface area contributed by atoms with Crippen LogP contribution in [0.1, 0.15) is 25.6 Å². The summed E-state index contributed by atoms with van der Waals surface area (Å²) < 4.78 is 4.65. The van der Waals surface area contributed by atoms with E-state index in [-0.39, 0.29) is 15.9 Å². The van der Waals surface area contributed by atoms with Gasteiger partial charge in [0.2, 0.25) is 0 Å². The molecule has 3 rings (SSSR count). The summed E-state index contributed by atoms with van der Waals surface area (Å²) in [6.07, 6.45) is 3.22. The standard InChI is InChI=1S/C18H15ClN4O3S/c1-26-17(25)14-15(19)23-18(27-14)21-10-11-2-4-12(5-3-11)16(24)22-13-6-8-20-9-7-13/h2-9H,10H2,1H3,(H,21,23)(H,20,22,24). The molecule has 0 aliphatic rings. The molecule has 0 bridgehead atoms. The van der Waals surface area contributed by atoms with Crippen molar-refractivity contribution in [2.24, 2.45) is 0 Å². The highest BCUT2D eigenvalue weighted by atomic mass is 35.5. The second kappa shape index (κ2) is 8.61. The molecular formula is C18H15ClN4O3S. The van der Waals surface area contributed by atoms with Crippen LogP contribution in [-0.4, -0.2) is 29.0 Å². The molecule has 0 saturated carbocycles. The molecule has 0 aliphatic carbocycles. The zero-order valence-corrected chi connectivity index (χ0v) is 15.8.